The van der Waals surface area contributed by atoms with Gasteiger partial charge in [-0.2, -0.15) is 0 Å². The van der Waals surface area contributed by atoms with Gasteiger partial charge in [-0.05, 0) is 39.3 Å². The molecule has 0 radical (unpaired) electrons. The van der Waals surface area contributed by atoms with Crippen molar-refractivity contribution in [3.63, 3.8) is 0 Å². The lowest BCUT2D eigenvalue weighted by Gasteiger charge is -2.27. The number of urea groups is 1. The zero-order valence-corrected chi connectivity index (χ0v) is 17.3. The summed E-state index contributed by atoms with van der Waals surface area (Å²) in [6.45, 7) is 9.41. The van der Waals surface area contributed by atoms with E-state index in [1.54, 1.807) is 11.1 Å². The summed E-state index contributed by atoms with van der Waals surface area (Å²) in [5.74, 6) is -0.510. The summed E-state index contributed by atoms with van der Waals surface area (Å²) in [5.41, 5.74) is 0.608. The Morgan fingerprint density at radius 1 is 1.21 bits per heavy atom. The fraction of sp³-hybridized carbons (Fsp3) is 0.650. The predicted octanol–water partition coefficient (Wildman–Crippen LogP) is 1.66. The van der Waals surface area contributed by atoms with E-state index >= 15 is 0 Å². The van der Waals surface area contributed by atoms with Crippen LogP contribution in [0, 0.1) is 0 Å². The van der Waals surface area contributed by atoms with Crippen LogP contribution in [0.25, 0.3) is 0 Å². The van der Waals surface area contributed by atoms with Crippen LogP contribution in [0.2, 0.25) is 0 Å². The molecule has 1 N–H and O–H groups in total. The van der Waals surface area contributed by atoms with Crippen LogP contribution in [0.5, 0.6) is 0 Å². The number of nitrogens with zero attached hydrogens (tertiary/aromatic N) is 3. The number of carbonyl (C=O) groups excluding carboxylic acids is 2. The summed E-state index contributed by atoms with van der Waals surface area (Å²) in [4.78, 5) is 33.1. The number of aromatic nitrogens is 1. The molecule has 1 saturated heterocycles. The summed E-state index contributed by atoms with van der Waals surface area (Å²) in [6.07, 6.45) is 2.65. The Morgan fingerprint density at radius 3 is 2.64 bits per heavy atom. The first kappa shape index (κ1) is 22.1. The summed E-state index contributed by atoms with van der Waals surface area (Å²) < 4.78 is 10.5. The fourth-order valence-electron chi connectivity index (χ4n) is 2.94. The third-order valence-corrected chi connectivity index (χ3v) is 4.45. The molecule has 1 fully saturated rings. The molecule has 1 aromatic heterocycles. The molecule has 2 rings (SSSR count). The monoisotopic (exact) mass is 392 g/mol. The Labute approximate surface area is 167 Å². The van der Waals surface area contributed by atoms with Crippen molar-refractivity contribution in [1.29, 1.82) is 0 Å². The Kier molecular flexibility index (Phi) is 8.19. The van der Waals surface area contributed by atoms with Crippen molar-refractivity contribution in [2.45, 2.75) is 45.4 Å². The minimum atomic E-state index is -0.829. The van der Waals surface area contributed by atoms with E-state index in [4.69, 9.17) is 9.47 Å². The second-order valence-electron chi connectivity index (χ2n) is 7.89. The van der Waals surface area contributed by atoms with Gasteiger partial charge in [0.25, 0.3) is 0 Å². The van der Waals surface area contributed by atoms with Gasteiger partial charge in [-0.25, -0.2) is 9.59 Å². The normalized spacial score (nSPS) is 16.9. The summed E-state index contributed by atoms with van der Waals surface area (Å²) >= 11 is 0. The van der Waals surface area contributed by atoms with Gasteiger partial charge in [-0.15, -0.1) is 0 Å². The largest absolute Gasteiger partial charge is 0.467 e. The van der Waals surface area contributed by atoms with Crippen LogP contribution >= 0.6 is 0 Å². The minimum Gasteiger partial charge on any atom is -0.467 e. The number of amides is 2. The number of methoxy groups -OCH3 is 1. The number of hydrogen-bond acceptors (Lipinski definition) is 6. The lowest BCUT2D eigenvalue weighted by molar-refractivity contribution is -0.146. The van der Waals surface area contributed by atoms with E-state index in [1.807, 2.05) is 39.0 Å². The lowest BCUT2D eigenvalue weighted by atomic mass is 10.2. The van der Waals surface area contributed by atoms with Crippen LogP contribution in [0.4, 0.5) is 4.79 Å². The number of carbonyl (C=O) groups is 2. The number of rotatable bonds is 6. The molecule has 8 heteroatoms. The first-order valence-corrected chi connectivity index (χ1v) is 9.68. The molecule has 28 heavy (non-hydrogen) atoms. The van der Waals surface area contributed by atoms with E-state index < -0.39 is 17.6 Å². The molecule has 2 amide bonds. The molecule has 2 heterocycles. The lowest BCUT2D eigenvalue weighted by Crippen LogP contribution is -2.51. The second-order valence-corrected chi connectivity index (χ2v) is 7.89. The van der Waals surface area contributed by atoms with E-state index in [-0.39, 0.29) is 12.6 Å². The van der Waals surface area contributed by atoms with Crippen LogP contribution in [-0.4, -0.2) is 78.3 Å². The molecule has 1 aliphatic heterocycles. The number of ether oxygens (including phenoxy) is 2. The first-order chi connectivity index (χ1) is 13.3. The van der Waals surface area contributed by atoms with Crippen molar-refractivity contribution in [3.05, 3.63) is 30.1 Å². The number of esters is 1. The average molecular weight is 393 g/mol. The maximum atomic E-state index is 12.7. The van der Waals surface area contributed by atoms with Crippen molar-refractivity contribution in [2.75, 3.05) is 39.9 Å². The Hall–Kier alpha value is -2.19. The van der Waals surface area contributed by atoms with Crippen molar-refractivity contribution in [1.82, 2.24) is 20.1 Å². The molecule has 8 nitrogen and oxygen atoms in total. The standard InChI is InChI=1S/C20H32N4O4/c1-20(2,3)28-15-17(18(25)27-4)22-19(26)24-11-7-10-23(12-13-24)14-16-8-5-6-9-21-16/h5-6,8-9,17H,7,10-15H2,1-4H3,(H,22,26). The molecule has 1 atom stereocenters. The van der Waals surface area contributed by atoms with Gasteiger partial charge in [-0.3, -0.25) is 9.88 Å². The molecule has 156 valence electrons. The number of pyridine rings is 1. The SMILES string of the molecule is COC(=O)C(COC(C)(C)C)NC(=O)N1CCCN(Cc2ccccn2)CC1. The van der Waals surface area contributed by atoms with Crippen LogP contribution in [-0.2, 0) is 20.8 Å². The molecule has 0 spiro atoms. The van der Waals surface area contributed by atoms with Gasteiger partial charge in [0.05, 0.1) is 25.0 Å². The molecular formula is C20H32N4O4. The van der Waals surface area contributed by atoms with Crippen molar-refractivity contribution >= 4 is 12.0 Å². The maximum absolute atomic E-state index is 12.7. The topological polar surface area (TPSA) is 84.0 Å². The van der Waals surface area contributed by atoms with Crippen molar-refractivity contribution in [2.24, 2.45) is 0 Å². The highest BCUT2D eigenvalue weighted by molar-refractivity contribution is 5.83. The van der Waals surface area contributed by atoms with Gasteiger partial charge >= 0.3 is 12.0 Å². The third-order valence-electron chi connectivity index (χ3n) is 4.45. The van der Waals surface area contributed by atoms with E-state index in [1.165, 1.54) is 7.11 Å². The van der Waals surface area contributed by atoms with Crippen LogP contribution in [0.15, 0.2) is 24.4 Å². The van der Waals surface area contributed by atoms with Gasteiger partial charge in [-0.1, -0.05) is 6.07 Å². The third kappa shape index (κ3) is 7.44. The Morgan fingerprint density at radius 2 is 2.00 bits per heavy atom. The van der Waals surface area contributed by atoms with Gasteiger partial charge < -0.3 is 19.7 Å². The van der Waals surface area contributed by atoms with Gasteiger partial charge in [0.1, 0.15) is 0 Å². The molecule has 1 aliphatic rings. The second kappa shape index (κ2) is 10.4. The van der Waals surface area contributed by atoms with Gasteiger partial charge in [0.2, 0.25) is 0 Å². The molecule has 1 unspecified atom stereocenters. The van der Waals surface area contributed by atoms with Crippen LogP contribution in [0.1, 0.15) is 32.9 Å². The molecule has 1 aromatic rings. The zero-order valence-electron chi connectivity index (χ0n) is 17.3. The number of hydrogen-bond donors (Lipinski definition) is 1. The highest BCUT2D eigenvalue weighted by Crippen LogP contribution is 2.10. The molecule has 0 bridgehead atoms. The highest BCUT2D eigenvalue weighted by Gasteiger charge is 2.27. The smallest absolute Gasteiger partial charge is 0.330 e. The van der Waals surface area contributed by atoms with Gasteiger partial charge in [0, 0.05) is 38.9 Å². The van der Waals surface area contributed by atoms with Crippen LogP contribution in [0.3, 0.4) is 0 Å². The average Bonchev–Trinajstić information content (AvgIpc) is 2.90. The molecule has 0 saturated carbocycles. The van der Waals surface area contributed by atoms with E-state index in [9.17, 15) is 9.59 Å². The quantitative estimate of drug-likeness (QED) is 0.741. The summed E-state index contributed by atoms with van der Waals surface area (Å²) in [7, 11) is 1.31. The zero-order chi connectivity index (χ0) is 20.6. The summed E-state index contributed by atoms with van der Waals surface area (Å²) in [5, 5.41) is 2.76. The number of nitrogens with one attached hydrogen (secondary N) is 1. The molecule has 0 aromatic carbocycles. The predicted molar refractivity (Wildman–Crippen MR) is 106 cm³/mol. The Balaban J connectivity index is 1.88. The van der Waals surface area contributed by atoms with E-state index in [2.05, 4.69) is 15.2 Å². The first-order valence-electron chi connectivity index (χ1n) is 9.68. The van der Waals surface area contributed by atoms with E-state index in [0.717, 1.165) is 31.7 Å². The summed E-state index contributed by atoms with van der Waals surface area (Å²) in [6, 6.07) is 4.79. The Bertz CT molecular complexity index is 633. The van der Waals surface area contributed by atoms with Crippen molar-refractivity contribution < 1.29 is 19.1 Å². The fourth-order valence-corrected chi connectivity index (χ4v) is 2.94. The van der Waals surface area contributed by atoms with Crippen LogP contribution < -0.4 is 5.32 Å². The molecular weight excluding hydrogens is 360 g/mol. The van der Waals surface area contributed by atoms with E-state index in [0.29, 0.717) is 13.1 Å². The van der Waals surface area contributed by atoms with Crippen molar-refractivity contribution in [3.8, 4) is 0 Å². The molecule has 0 aliphatic carbocycles. The maximum Gasteiger partial charge on any atom is 0.330 e. The minimum absolute atomic E-state index is 0.0710. The van der Waals surface area contributed by atoms with Gasteiger partial charge in [0.15, 0.2) is 6.04 Å². The highest BCUT2D eigenvalue weighted by atomic mass is 16.5.